The van der Waals surface area contributed by atoms with Crippen molar-refractivity contribution in [2.75, 3.05) is 5.75 Å². The standard InChI is InChI=1S/C18H25N3O2S2/c1-7-8-21-17(23)15-11(4)13(6)25-16(15)20-18(21)24-9-14(22)19-12(5)10(2)3/h7,10,12H,1,8-9H2,2-6H3,(H,19,22)/t12-/m1/s1. The Balaban J connectivity index is 2.31. The topological polar surface area (TPSA) is 64.0 Å². The predicted molar refractivity (Wildman–Crippen MR) is 107 cm³/mol. The van der Waals surface area contributed by atoms with E-state index >= 15 is 0 Å². The molecule has 136 valence electrons. The summed E-state index contributed by atoms with van der Waals surface area (Å²) in [6.07, 6.45) is 1.68. The highest BCUT2D eigenvalue weighted by Crippen LogP contribution is 2.28. The van der Waals surface area contributed by atoms with E-state index in [1.54, 1.807) is 10.6 Å². The lowest BCUT2D eigenvalue weighted by molar-refractivity contribution is -0.119. The van der Waals surface area contributed by atoms with Crippen LogP contribution < -0.4 is 10.9 Å². The van der Waals surface area contributed by atoms with E-state index in [1.807, 2.05) is 20.8 Å². The summed E-state index contributed by atoms with van der Waals surface area (Å²) in [5, 5.41) is 4.21. The van der Waals surface area contributed by atoms with Crippen molar-refractivity contribution in [2.45, 2.75) is 52.4 Å². The number of aryl methyl sites for hydroxylation is 2. The van der Waals surface area contributed by atoms with E-state index in [2.05, 4.69) is 30.7 Å². The predicted octanol–water partition coefficient (Wildman–Crippen LogP) is 3.51. The van der Waals surface area contributed by atoms with Crippen molar-refractivity contribution in [3.63, 3.8) is 0 Å². The molecular weight excluding hydrogens is 354 g/mol. The Hall–Kier alpha value is -1.60. The molecule has 0 aliphatic heterocycles. The summed E-state index contributed by atoms with van der Waals surface area (Å²) >= 11 is 2.81. The maximum Gasteiger partial charge on any atom is 0.263 e. The van der Waals surface area contributed by atoms with E-state index in [4.69, 9.17) is 0 Å². The number of rotatable bonds is 7. The Morgan fingerprint density at radius 3 is 2.68 bits per heavy atom. The lowest BCUT2D eigenvalue weighted by Crippen LogP contribution is -2.37. The van der Waals surface area contributed by atoms with Crippen LogP contribution in [0.2, 0.25) is 0 Å². The molecule has 25 heavy (non-hydrogen) atoms. The zero-order valence-electron chi connectivity index (χ0n) is 15.4. The monoisotopic (exact) mass is 379 g/mol. The quantitative estimate of drug-likeness (QED) is 0.454. The number of nitrogens with zero attached hydrogens (tertiary/aromatic N) is 2. The lowest BCUT2D eigenvalue weighted by Gasteiger charge is -2.17. The van der Waals surface area contributed by atoms with Crippen molar-refractivity contribution in [3.05, 3.63) is 33.4 Å². The Kier molecular flexibility index (Phi) is 6.46. The van der Waals surface area contributed by atoms with Gasteiger partial charge < -0.3 is 5.32 Å². The first-order valence-corrected chi connectivity index (χ1v) is 10.1. The number of hydrogen-bond acceptors (Lipinski definition) is 5. The summed E-state index contributed by atoms with van der Waals surface area (Å²) in [6, 6.07) is 0.113. The van der Waals surface area contributed by atoms with Gasteiger partial charge in [0.1, 0.15) is 4.83 Å². The molecule has 0 unspecified atom stereocenters. The Bertz CT molecular complexity index is 852. The minimum absolute atomic E-state index is 0.0516. The molecule has 0 bridgehead atoms. The first-order valence-electron chi connectivity index (χ1n) is 8.29. The van der Waals surface area contributed by atoms with E-state index in [-0.39, 0.29) is 23.3 Å². The van der Waals surface area contributed by atoms with Gasteiger partial charge in [0.25, 0.3) is 5.56 Å². The van der Waals surface area contributed by atoms with Crippen LogP contribution in [0.25, 0.3) is 10.2 Å². The molecule has 2 aromatic heterocycles. The normalized spacial score (nSPS) is 12.6. The number of thiophene rings is 1. The molecule has 2 heterocycles. The maximum atomic E-state index is 12.9. The van der Waals surface area contributed by atoms with Crippen LogP contribution in [-0.4, -0.2) is 27.3 Å². The Labute approximate surface area is 156 Å². The van der Waals surface area contributed by atoms with Crippen molar-refractivity contribution < 1.29 is 4.79 Å². The van der Waals surface area contributed by atoms with Crippen LogP contribution in [0.3, 0.4) is 0 Å². The number of allylic oxidation sites excluding steroid dienone is 1. The van der Waals surface area contributed by atoms with Gasteiger partial charge in [0.15, 0.2) is 5.16 Å². The average Bonchev–Trinajstić information content (AvgIpc) is 2.83. The van der Waals surface area contributed by atoms with Crippen LogP contribution in [0, 0.1) is 19.8 Å². The molecule has 0 aromatic carbocycles. The third-order valence-corrected chi connectivity index (χ3v) is 6.36. The van der Waals surface area contributed by atoms with Crippen molar-refractivity contribution in [1.29, 1.82) is 0 Å². The summed E-state index contributed by atoms with van der Waals surface area (Å²) < 4.78 is 1.60. The molecule has 7 heteroatoms. The first kappa shape index (κ1) is 19.7. The molecule has 1 amide bonds. The second-order valence-electron chi connectivity index (χ2n) is 6.45. The van der Waals surface area contributed by atoms with Gasteiger partial charge in [-0.25, -0.2) is 4.98 Å². The minimum atomic E-state index is -0.0646. The molecule has 0 radical (unpaired) electrons. The van der Waals surface area contributed by atoms with Gasteiger partial charge in [0.2, 0.25) is 5.91 Å². The van der Waals surface area contributed by atoms with Crippen LogP contribution in [0.4, 0.5) is 0 Å². The number of fused-ring (bicyclic) bond motifs is 1. The Morgan fingerprint density at radius 1 is 1.40 bits per heavy atom. The van der Waals surface area contributed by atoms with Crippen LogP contribution in [-0.2, 0) is 11.3 Å². The molecule has 0 aliphatic rings. The van der Waals surface area contributed by atoms with Gasteiger partial charge in [-0.15, -0.1) is 17.9 Å². The van der Waals surface area contributed by atoms with E-state index < -0.39 is 0 Å². The second-order valence-corrected chi connectivity index (χ2v) is 8.60. The van der Waals surface area contributed by atoms with E-state index in [0.717, 1.165) is 15.3 Å². The van der Waals surface area contributed by atoms with Gasteiger partial charge in [-0.3, -0.25) is 14.2 Å². The maximum absolute atomic E-state index is 12.9. The number of thioether (sulfide) groups is 1. The smallest absolute Gasteiger partial charge is 0.263 e. The van der Waals surface area contributed by atoms with Crippen LogP contribution in [0.15, 0.2) is 22.6 Å². The molecule has 0 saturated heterocycles. The minimum Gasteiger partial charge on any atom is -0.353 e. The summed E-state index contributed by atoms with van der Waals surface area (Å²) in [5.74, 6) is 0.554. The fourth-order valence-corrected chi connectivity index (χ4v) is 4.19. The summed E-state index contributed by atoms with van der Waals surface area (Å²) in [4.78, 5) is 31.5. The molecule has 2 aromatic rings. The number of amides is 1. The summed E-state index contributed by atoms with van der Waals surface area (Å²) in [5.41, 5.74) is 0.917. The zero-order valence-corrected chi connectivity index (χ0v) is 17.0. The molecule has 0 saturated carbocycles. The van der Waals surface area contributed by atoms with Crippen molar-refractivity contribution in [2.24, 2.45) is 5.92 Å². The molecule has 0 fully saturated rings. The van der Waals surface area contributed by atoms with Gasteiger partial charge in [0.05, 0.1) is 11.1 Å². The van der Waals surface area contributed by atoms with E-state index in [9.17, 15) is 9.59 Å². The Morgan fingerprint density at radius 2 is 2.08 bits per heavy atom. The molecule has 0 spiro atoms. The number of aromatic nitrogens is 2. The van der Waals surface area contributed by atoms with Gasteiger partial charge >= 0.3 is 0 Å². The average molecular weight is 380 g/mol. The van der Waals surface area contributed by atoms with Crippen LogP contribution in [0.5, 0.6) is 0 Å². The number of carbonyl (C=O) groups is 1. The van der Waals surface area contributed by atoms with E-state index in [1.165, 1.54) is 23.1 Å². The van der Waals surface area contributed by atoms with Crippen LogP contribution in [0.1, 0.15) is 31.2 Å². The third kappa shape index (κ3) is 4.33. The first-order chi connectivity index (χ1) is 11.8. The summed E-state index contributed by atoms with van der Waals surface area (Å²) in [7, 11) is 0. The van der Waals surface area contributed by atoms with Gasteiger partial charge in [0, 0.05) is 17.5 Å². The number of carbonyl (C=O) groups excluding carboxylic acids is 1. The van der Waals surface area contributed by atoms with E-state index in [0.29, 0.717) is 23.0 Å². The highest BCUT2D eigenvalue weighted by molar-refractivity contribution is 7.99. The van der Waals surface area contributed by atoms with Crippen molar-refractivity contribution in [3.8, 4) is 0 Å². The molecule has 0 aliphatic carbocycles. The molecule has 1 atom stereocenters. The van der Waals surface area contributed by atoms with Gasteiger partial charge in [-0.2, -0.15) is 0 Å². The molecule has 1 N–H and O–H groups in total. The SMILES string of the molecule is C=CCn1c(SCC(=O)N[C@H](C)C(C)C)nc2sc(C)c(C)c2c1=O. The molecule has 5 nitrogen and oxygen atoms in total. The highest BCUT2D eigenvalue weighted by atomic mass is 32.2. The fraction of sp³-hybridized carbons (Fsp3) is 0.500. The largest absolute Gasteiger partial charge is 0.353 e. The summed E-state index contributed by atoms with van der Waals surface area (Å²) in [6.45, 7) is 14.2. The third-order valence-electron chi connectivity index (χ3n) is 4.29. The van der Waals surface area contributed by atoms with Crippen molar-refractivity contribution >= 4 is 39.2 Å². The number of hydrogen-bond donors (Lipinski definition) is 1. The zero-order chi connectivity index (χ0) is 18.7. The fourth-order valence-electron chi connectivity index (χ4n) is 2.30. The van der Waals surface area contributed by atoms with Crippen LogP contribution >= 0.6 is 23.1 Å². The second kappa shape index (κ2) is 8.19. The highest BCUT2D eigenvalue weighted by Gasteiger charge is 2.18. The lowest BCUT2D eigenvalue weighted by atomic mass is 10.1. The number of nitrogens with one attached hydrogen (secondary N) is 1. The van der Waals surface area contributed by atoms with Crippen molar-refractivity contribution in [1.82, 2.24) is 14.9 Å². The van der Waals surface area contributed by atoms with Gasteiger partial charge in [-0.05, 0) is 32.3 Å². The molecule has 2 rings (SSSR count). The van der Waals surface area contributed by atoms with Gasteiger partial charge in [-0.1, -0.05) is 31.7 Å². The molecular formula is C18H25N3O2S2.